The zero-order valence-electron chi connectivity index (χ0n) is 27.9. The first-order valence-electron chi connectivity index (χ1n) is 15.3. The first-order valence-corrected chi connectivity index (χ1v) is 15.3. The molecule has 5 rings (SSSR count). The maximum absolute atomic E-state index is 15.7. The lowest BCUT2D eigenvalue weighted by Crippen LogP contribution is -2.88. The van der Waals surface area contributed by atoms with Crippen LogP contribution in [0.3, 0.4) is 0 Å². The Balaban J connectivity index is 1.57. The van der Waals surface area contributed by atoms with Crippen LogP contribution < -0.4 is 10.6 Å². The Hall–Kier alpha value is -3.17. The minimum absolute atomic E-state index is 0.0497. The number of fused-ring (bicyclic) bond motifs is 1. The van der Waals surface area contributed by atoms with Crippen LogP contribution in [0.25, 0.3) is 0 Å². The quantitative estimate of drug-likeness (QED) is 0.0775. The highest BCUT2D eigenvalue weighted by molar-refractivity contribution is 6.45. The largest absolute Gasteiger partial charge is 0.391 e. The van der Waals surface area contributed by atoms with Crippen molar-refractivity contribution in [2.45, 2.75) is 58.1 Å². The third-order valence-corrected chi connectivity index (χ3v) is 9.88. The maximum Gasteiger partial charge on any atom is 0.317 e. The summed E-state index contributed by atoms with van der Waals surface area (Å²) in [5.74, 6) is -13.9. The monoisotopic (exact) mass is 678 g/mol. The molecule has 0 saturated carbocycles. The van der Waals surface area contributed by atoms with Crippen LogP contribution in [0.5, 0.6) is 0 Å². The maximum atomic E-state index is 15.7. The molecule has 254 valence electrons. The fourth-order valence-corrected chi connectivity index (χ4v) is 7.32. The van der Waals surface area contributed by atoms with Gasteiger partial charge in [-0.25, -0.2) is 9.29 Å². The van der Waals surface area contributed by atoms with Gasteiger partial charge in [0.05, 0.1) is 11.1 Å². The summed E-state index contributed by atoms with van der Waals surface area (Å²) < 4.78 is 20.4. The third kappa shape index (κ3) is 5.28. The molecule has 3 heterocycles. The number of nitrogens with zero attached hydrogens (tertiary/aromatic N) is 2. The molecule has 0 radical (unpaired) electrons. The normalized spacial score (nSPS) is 27.8. The highest BCUT2D eigenvalue weighted by atomic mass is 19.1. The van der Waals surface area contributed by atoms with Crippen LogP contribution in [0.1, 0.15) is 39.9 Å². The number of amides is 3. The van der Waals surface area contributed by atoms with E-state index < -0.39 is 87.2 Å². The average molecular weight is 677 g/mol. The summed E-state index contributed by atoms with van der Waals surface area (Å²) in [7, 11) is 9.60. The molecule has 2 saturated heterocycles. The summed E-state index contributed by atoms with van der Waals surface area (Å²) >= 11 is 0. The lowest BCUT2D eigenvalue weighted by atomic mass is 9.46. The van der Waals surface area contributed by atoms with Crippen molar-refractivity contribution in [3.8, 4) is 0 Å². The van der Waals surface area contributed by atoms with E-state index in [1.165, 1.54) is 77.4 Å². The molecule has 24 heteroatoms. The summed E-state index contributed by atoms with van der Waals surface area (Å²) in [6, 6.07) is 7.78. The molecule has 3 aliphatic heterocycles. The molecule has 0 spiro atoms. The molecular weight excluding hydrogens is 643 g/mol. The van der Waals surface area contributed by atoms with Gasteiger partial charge in [0.25, 0.3) is 23.7 Å². The lowest BCUT2D eigenvalue weighted by Gasteiger charge is -2.65. The SMILES string of the molecule is BC(B)(Nc1cccc2c1C(O)(O)N(C1(O)CCC(=O)NC1=O)C2=O)c1cc(C(B)(B)N2C(B)(B)C(O)(O)OC(O)(O)C2(B)O)ccc1F. The Kier molecular flexibility index (Phi) is 8.27. The van der Waals surface area contributed by atoms with Crippen LogP contribution in [0.15, 0.2) is 36.4 Å². The Morgan fingerprint density at radius 3 is 2.10 bits per heavy atom. The van der Waals surface area contributed by atoms with Gasteiger partial charge in [0, 0.05) is 29.2 Å². The van der Waals surface area contributed by atoms with Crippen LogP contribution in [0.2, 0.25) is 0 Å². The summed E-state index contributed by atoms with van der Waals surface area (Å²) in [5, 5.41) is 87.8. The number of anilines is 1. The number of rotatable bonds is 6. The zero-order valence-corrected chi connectivity index (χ0v) is 27.9. The third-order valence-electron chi connectivity index (χ3n) is 9.88. The van der Waals surface area contributed by atoms with E-state index in [9.17, 15) is 55.2 Å². The van der Waals surface area contributed by atoms with Crippen LogP contribution in [0, 0.1) is 5.82 Å². The highest BCUT2D eigenvalue weighted by Gasteiger charge is 2.70. The van der Waals surface area contributed by atoms with Gasteiger partial charge in [0.15, 0.2) is 13.5 Å². The van der Waals surface area contributed by atoms with Crippen molar-refractivity contribution in [2.24, 2.45) is 0 Å². The molecule has 0 bridgehead atoms. The van der Waals surface area contributed by atoms with Crippen molar-refractivity contribution in [1.82, 2.24) is 15.1 Å². The molecule has 3 aliphatic rings. The lowest BCUT2D eigenvalue weighted by molar-refractivity contribution is -0.550. The van der Waals surface area contributed by atoms with Gasteiger partial charge in [-0.15, -0.1) is 0 Å². The molecule has 16 nitrogen and oxygen atoms in total. The molecule has 0 aliphatic carbocycles. The second-order valence-electron chi connectivity index (χ2n) is 14.4. The number of morpholine rings is 1. The topological polar surface area (TPSA) is 253 Å². The molecule has 2 unspecified atom stereocenters. The number of hydrogen-bond donors (Lipinski definition) is 10. The summed E-state index contributed by atoms with van der Waals surface area (Å²) in [6.07, 6.45) is -1.01. The van der Waals surface area contributed by atoms with Crippen molar-refractivity contribution in [3.05, 3.63) is 64.5 Å². The summed E-state index contributed by atoms with van der Waals surface area (Å²) in [4.78, 5) is 39.1. The number of hydrogen-bond acceptors (Lipinski definition) is 14. The molecule has 2 aromatic carbocycles. The Morgan fingerprint density at radius 1 is 0.898 bits per heavy atom. The van der Waals surface area contributed by atoms with Gasteiger partial charge in [-0.2, -0.15) is 0 Å². The number of imide groups is 1. The van der Waals surface area contributed by atoms with E-state index in [0.717, 1.165) is 18.8 Å². The number of ether oxygens (including phenoxy) is 1. The molecule has 10 N–H and O–H groups in total. The number of carbonyl (C=O) groups excluding carboxylic acids is 3. The average Bonchev–Trinajstić information content (AvgIpc) is 3.14. The van der Waals surface area contributed by atoms with E-state index >= 15 is 4.39 Å². The van der Waals surface area contributed by atoms with Crippen molar-refractivity contribution in [2.75, 3.05) is 5.32 Å². The fourth-order valence-electron chi connectivity index (χ4n) is 7.32. The number of carbonyl (C=O) groups is 3. The number of aliphatic hydroxyl groups is 8. The van der Waals surface area contributed by atoms with Crippen molar-refractivity contribution in [3.63, 3.8) is 0 Å². The molecule has 3 amide bonds. The van der Waals surface area contributed by atoms with Gasteiger partial charge in [0.2, 0.25) is 11.6 Å². The van der Waals surface area contributed by atoms with Gasteiger partial charge >= 0.3 is 5.97 Å². The standard InChI is InChI=1S/C25H34B7FN4O12/c26-19(27,35-13-3-1-2-10-15(13)21(42,43)36(16(10)39)18(41)7-6-14(38)34-17(18)40)11-8-9(4-5-12(11)33)20(28,29)37-22(30,31)24(45,46)49-25(47,48)23(37,32)44/h1-5,8,35,41-48H,6-7,26-32H2,(H,34,38,40). The van der Waals surface area contributed by atoms with Gasteiger partial charge in [-0.05, 0) is 34.7 Å². The second kappa shape index (κ2) is 10.9. The molecule has 2 aromatic rings. The molecule has 2 fully saturated rings. The van der Waals surface area contributed by atoms with Crippen LogP contribution in [0.4, 0.5) is 10.1 Å². The van der Waals surface area contributed by atoms with Gasteiger partial charge < -0.3 is 46.2 Å². The Bertz CT molecular complexity index is 1750. The van der Waals surface area contributed by atoms with E-state index in [2.05, 4.69) is 10.1 Å². The number of piperidine rings is 1. The van der Waals surface area contributed by atoms with Crippen molar-refractivity contribution < 1.29 is 64.4 Å². The van der Waals surface area contributed by atoms with E-state index in [-0.39, 0.29) is 27.3 Å². The van der Waals surface area contributed by atoms with E-state index in [4.69, 9.17) is 0 Å². The van der Waals surface area contributed by atoms with E-state index in [1.54, 1.807) is 0 Å². The molecule has 49 heavy (non-hydrogen) atoms. The fraction of sp³-hybridized carbons (Fsp3) is 0.400. The smallest absolute Gasteiger partial charge is 0.317 e. The Morgan fingerprint density at radius 2 is 1.51 bits per heavy atom. The first-order chi connectivity index (χ1) is 22.1. The van der Waals surface area contributed by atoms with E-state index in [1.807, 2.05) is 5.32 Å². The summed E-state index contributed by atoms with van der Waals surface area (Å²) in [6.45, 7) is 0. The van der Waals surface area contributed by atoms with Crippen LogP contribution in [-0.2, 0) is 30.9 Å². The van der Waals surface area contributed by atoms with Gasteiger partial charge in [-0.1, -0.05) is 18.2 Å². The van der Waals surface area contributed by atoms with E-state index in [0.29, 0.717) is 0 Å². The van der Waals surface area contributed by atoms with Gasteiger partial charge in [0.1, 0.15) is 52.9 Å². The van der Waals surface area contributed by atoms with Gasteiger partial charge in [-0.3, -0.25) is 29.3 Å². The minimum Gasteiger partial charge on any atom is -0.391 e. The predicted molar refractivity (Wildman–Crippen MR) is 184 cm³/mol. The summed E-state index contributed by atoms with van der Waals surface area (Å²) in [5.41, 5.74) is -6.16. The van der Waals surface area contributed by atoms with Crippen molar-refractivity contribution in [1.29, 1.82) is 0 Å². The number of nitrogens with one attached hydrogen (secondary N) is 2. The van der Waals surface area contributed by atoms with Crippen LogP contribution in [-0.4, -0.2) is 152 Å². The molecule has 0 aromatic heterocycles. The Labute approximate surface area is 285 Å². The zero-order chi connectivity index (χ0) is 37.1. The van der Waals surface area contributed by atoms with Crippen molar-refractivity contribution >= 4 is 78.3 Å². The molecular formula is C25H34B7FN4O12. The number of halogens is 1. The predicted octanol–water partition coefficient (Wildman–Crippen LogP) is -10.8. The second-order valence-corrected chi connectivity index (χ2v) is 14.4. The minimum atomic E-state index is -3.49. The first kappa shape index (κ1) is 37.1. The molecule has 2 atom stereocenters. The number of benzene rings is 2. The van der Waals surface area contributed by atoms with Crippen LogP contribution >= 0.6 is 0 Å². The highest BCUT2D eigenvalue weighted by Crippen LogP contribution is 2.48.